The van der Waals surface area contributed by atoms with Gasteiger partial charge in [0.1, 0.15) is 6.33 Å². The van der Waals surface area contributed by atoms with E-state index in [9.17, 15) is 0 Å². The number of hydrogen-bond acceptors (Lipinski definition) is 5. The fraction of sp³-hybridized carbons (Fsp3) is 0.545. The summed E-state index contributed by atoms with van der Waals surface area (Å²) in [4.78, 5) is 4.23. The van der Waals surface area contributed by atoms with E-state index >= 15 is 0 Å². The quantitative estimate of drug-likeness (QED) is 0.729. The fourth-order valence-electron chi connectivity index (χ4n) is 1.63. The number of nitrogens with zero attached hydrogens (tertiary/aromatic N) is 4. The Bertz CT molecular complexity index is 470. The summed E-state index contributed by atoms with van der Waals surface area (Å²) < 4.78 is 1.83. The summed E-state index contributed by atoms with van der Waals surface area (Å²) in [6.07, 6.45) is 7.18. The van der Waals surface area contributed by atoms with Crippen molar-refractivity contribution in [2.45, 2.75) is 19.8 Å². The van der Waals surface area contributed by atoms with E-state index in [1.54, 1.807) is 12.5 Å². The zero-order valence-electron chi connectivity index (χ0n) is 9.87. The highest BCUT2D eigenvalue weighted by Crippen LogP contribution is 2.10. The number of hydrogen-bond donors (Lipinski definition) is 2. The molecule has 6 heteroatoms. The molecule has 0 aliphatic rings. The zero-order chi connectivity index (χ0) is 12.1. The molecule has 0 fully saturated rings. The standard InChI is InChI=1S/C11H17N5O/c1-9(7-17)3-2-4-12-10-11-15-14-8-16(11)6-5-13-10/h5-6,8-9,17H,2-4,7H2,1H3,(H,12,13). The number of aromatic nitrogens is 4. The highest BCUT2D eigenvalue weighted by Gasteiger charge is 2.04. The van der Waals surface area contributed by atoms with Crippen LogP contribution in [0.25, 0.3) is 5.65 Å². The highest BCUT2D eigenvalue weighted by molar-refractivity contribution is 5.61. The van der Waals surface area contributed by atoms with Crippen molar-refractivity contribution in [2.24, 2.45) is 5.92 Å². The summed E-state index contributed by atoms with van der Waals surface area (Å²) in [5.41, 5.74) is 0.739. The maximum atomic E-state index is 8.91. The topological polar surface area (TPSA) is 75.3 Å². The molecule has 0 amide bonds. The zero-order valence-corrected chi connectivity index (χ0v) is 9.87. The highest BCUT2D eigenvalue weighted by atomic mass is 16.3. The average molecular weight is 235 g/mol. The molecule has 2 aromatic heterocycles. The lowest BCUT2D eigenvalue weighted by atomic mass is 10.1. The lowest BCUT2D eigenvalue weighted by Crippen LogP contribution is -2.08. The Hall–Kier alpha value is -1.69. The van der Waals surface area contributed by atoms with E-state index in [0.717, 1.165) is 30.9 Å². The minimum atomic E-state index is 0.248. The second kappa shape index (κ2) is 5.58. The molecule has 0 saturated carbocycles. The second-order valence-corrected chi connectivity index (χ2v) is 4.19. The molecule has 0 aromatic carbocycles. The first-order valence-electron chi connectivity index (χ1n) is 5.80. The molecular formula is C11H17N5O. The molecular weight excluding hydrogens is 218 g/mol. The van der Waals surface area contributed by atoms with Gasteiger partial charge >= 0.3 is 0 Å². The number of rotatable bonds is 6. The smallest absolute Gasteiger partial charge is 0.203 e. The number of anilines is 1. The molecule has 92 valence electrons. The average Bonchev–Trinajstić information content (AvgIpc) is 2.83. The predicted octanol–water partition coefficient (Wildman–Crippen LogP) is 0.945. The van der Waals surface area contributed by atoms with E-state index in [-0.39, 0.29) is 6.61 Å². The molecule has 2 N–H and O–H groups in total. The maximum Gasteiger partial charge on any atom is 0.203 e. The Morgan fingerprint density at radius 1 is 1.53 bits per heavy atom. The van der Waals surface area contributed by atoms with Gasteiger partial charge in [0.05, 0.1) is 0 Å². The molecule has 6 nitrogen and oxygen atoms in total. The van der Waals surface area contributed by atoms with Crippen molar-refractivity contribution >= 4 is 11.5 Å². The molecule has 17 heavy (non-hydrogen) atoms. The second-order valence-electron chi connectivity index (χ2n) is 4.19. The van der Waals surface area contributed by atoms with E-state index in [0.29, 0.717) is 5.92 Å². The Kier molecular flexibility index (Phi) is 3.87. The van der Waals surface area contributed by atoms with Crippen LogP contribution in [0, 0.1) is 5.92 Å². The molecule has 2 heterocycles. The lowest BCUT2D eigenvalue weighted by Gasteiger charge is -2.08. The van der Waals surface area contributed by atoms with Crippen molar-refractivity contribution in [1.82, 2.24) is 19.6 Å². The van der Waals surface area contributed by atoms with Crippen molar-refractivity contribution < 1.29 is 5.11 Å². The van der Waals surface area contributed by atoms with Crippen LogP contribution in [-0.4, -0.2) is 37.8 Å². The van der Waals surface area contributed by atoms with Gasteiger partial charge in [0.25, 0.3) is 0 Å². The van der Waals surface area contributed by atoms with Crippen LogP contribution in [0.1, 0.15) is 19.8 Å². The summed E-state index contributed by atoms with van der Waals surface area (Å²) in [5, 5.41) is 20.0. The normalized spacial score (nSPS) is 12.8. The van der Waals surface area contributed by atoms with E-state index in [2.05, 4.69) is 20.5 Å². The van der Waals surface area contributed by atoms with Crippen molar-refractivity contribution in [2.75, 3.05) is 18.5 Å². The van der Waals surface area contributed by atoms with Gasteiger partial charge in [-0.1, -0.05) is 6.92 Å². The first-order valence-corrected chi connectivity index (χ1v) is 5.80. The summed E-state index contributed by atoms with van der Waals surface area (Å²) >= 11 is 0. The van der Waals surface area contributed by atoms with Crippen LogP contribution in [0.3, 0.4) is 0 Å². The molecule has 0 aliphatic heterocycles. The van der Waals surface area contributed by atoms with Crippen LogP contribution in [0.4, 0.5) is 5.82 Å². The largest absolute Gasteiger partial charge is 0.396 e. The molecule has 0 saturated heterocycles. The molecule has 0 bridgehead atoms. The van der Waals surface area contributed by atoms with Crippen molar-refractivity contribution in [3.63, 3.8) is 0 Å². The number of fused-ring (bicyclic) bond motifs is 1. The molecule has 0 spiro atoms. The van der Waals surface area contributed by atoms with Gasteiger partial charge in [-0.2, -0.15) is 0 Å². The van der Waals surface area contributed by atoms with Gasteiger partial charge in [-0.05, 0) is 18.8 Å². The Balaban J connectivity index is 1.88. The van der Waals surface area contributed by atoms with Crippen molar-refractivity contribution in [3.8, 4) is 0 Å². The first-order chi connectivity index (χ1) is 8.31. The molecule has 0 radical (unpaired) electrons. The van der Waals surface area contributed by atoms with Crippen LogP contribution >= 0.6 is 0 Å². The van der Waals surface area contributed by atoms with Gasteiger partial charge < -0.3 is 10.4 Å². The SMILES string of the molecule is CC(CO)CCCNc1nccn2cnnc12. The van der Waals surface area contributed by atoms with Crippen LogP contribution < -0.4 is 5.32 Å². The van der Waals surface area contributed by atoms with E-state index in [4.69, 9.17) is 5.11 Å². The van der Waals surface area contributed by atoms with E-state index < -0.39 is 0 Å². The number of aliphatic hydroxyl groups excluding tert-OH is 1. The van der Waals surface area contributed by atoms with Crippen molar-refractivity contribution in [1.29, 1.82) is 0 Å². The molecule has 1 unspecified atom stereocenters. The van der Waals surface area contributed by atoms with Crippen LogP contribution in [0.2, 0.25) is 0 Å². The van der Waals surface area contributed by atoms with Gasteiger partial charge in [-0.3, -0.25) is 4.40 Å². The molecule has 0 aliphatic carbocycles. The summed E-state index contributed by atoms with van der Waals surface area (Å²) in [6, 6.07) is 0. The Labute approximate surface area is 99.7 Å². The summed E-state index contributed by atoms with van der Waals surface area (Å²) in [6.45, 7) is 3.11. The van der Waals surface area contributed by atoms with Crippen LogP contribution in [0.5, 0.6) is 0 Å². The van der Waals surface area contributed by atoms with Crippen LogP contribution in [-0.2, 0) is 0 Å². The third-order valence-electron chi connectivity index (χ3n) is 2.69. The maximum absolute atomic E-state index is 8.91. The lowest BCUT2D eigenvalue weighted by molar-refractivity contribution is 0.229. The third kappa shape index (κ3) is 2.91. The third-order valence-corrected chi connectivity index (χ3v) is 2.69. The van der Waals surface area contributed by atoms with Crippen LogP contribution in [0.15, 0.2) is 18.7 Å². The molecule has 2 aromatic rings. The first kappa shape index (κ1) is 11.8. The number of aliphatic hydroxyl groups is 1. The minimum Gasteiger partial charge on any atom is -0.396 e. The fourth-order valence-corrected chi connectivity index (χ4v) is 1.63. The van der Waals surface area contributed by atoms with Gasteiger partial charge in [0.15, 0.2) is 5.82 Å². The van der Waals surface area contributed by atoms with Gasteiger partial charge in [-0.15, -0.1) is 10.2 Å². The summed E-state index contributed by atoms with van der Waals surface area (Å²) in [7, 11) is 0. The van der Waals surface area contributed by atoms with Gasteiger partial charge in [0.2, 0.25) is 5.65 Å². The van der Waals surface area contributed by atoms with Gasteiger partial charge in [-0.25, -0.2) is 4.98 Å². The Morgan fingerprint density at radius 2 is 2.41 bits per heavy atom. The Morgan fingerprint density at radius 3 is 3.24 bits per heavy atom. The van der Waals surface area contributed by atoms with Gasteiger partial charge in [0, 0.05) is 25.5 Å². The summed E-state index contributed by atoms with van der Waals surface area (Å²) in [5.74, 6) is 1.11. The van der Waals surface area contributed by atoms with E-state index in [1.165, 1.54) is 0 Å². The predicted molar refractivity (Wildman–Crippen MR) is 64.8 cm³/mol. The minimum absolute atomic E-state index is 0.248. The number of nitrogens with one attached hydrogen (secondary N) is 1. The monoisotopic (exact) mass is 235 g/mol. The molecule has 1 atom stereocenters. The van der Waals surface area contributed by atoms with E-state index in [1.807, 2.05) is 17.5 Å². The van der Waals surface area contributed by atoms with Crippen molar-refractivity contribution in [3.05, 3.63) is 18.7 Å². The molecule has 2 rings (SSSR count).